The summed E-state index contributed by atoms with van der Waals surface area (Å²) in [6.07, 6.45) is 5.82. The Bertz CT molecular complexity index is 631. The lowest BCUT2D eigenvalue weighted by molar-refractivity contribution is -0.130. The Kier molecular flexibility index (Phi) is 5.95. The lowest BCUT2D eigenvalue weighted by Crippen LogP contribution is -2.45. The number of piperidine rings is 1. The predicted octanol–water partition coefficient (Wildman–Crippen LogP) is 3.09. The van der Waals surface area contributed by atoms with E-state index in [9.17, 15) is 9.59 Å². The Labute approximate surface area is 158 Å². The third-order valence-corrected chi connectivity index (χ3v) is 6.06. The van der Waals surface area contributed by atoms with E-state index < -0.39 is 0 Å². The van der Waals surface area contributed by atoms with Crippen LogP contribution in [0.15, 0.2) is 24.3 Å². The number of carbonyl (C=O) groups excluding carboxylic acids is 2. The SMILES string of the molecule is CSCC(=O)N1CCCC(CNC(=O)C2(c3ccc(Cl)cc3)CC2)C1. The number of carbonyl (C=O) groups is 2. The number of hydrogen-bond acceptors (Lipinski definition) is 3. The van der Waals surface area contributed by atoms with Crippen LogP contribution < -0.4 is 5.32 Å². The van der Waals surface area contributed by atoms with Crippen molar-refractivity contribution < 1.29 is 9.59 Å². The summed E-state index contributed by atoms with van der Waals surface area (Å²) in [5.74, 6) is 1.22. The highest BCUT2D eigenvalue weighted by Crippen LogP contribution is 2.48. The molecule has 1 N–H and O–H groups in total. The van der Waals surface area contributed by atoms with Gasteiger partial charge in [0, 0.05) is 24.7 Å². The van der Waals surface area contributed by atoms with Gasteiger partial charge in [0.1, 0.15) is 0 Å². The van der Waals surface area contributed by atoms with E-state index in [0.29, 0.717) is 23.2 Å². The first-order valence-electron chi connectivity index (χ1n) is 8.86. The Morgan fingerprint density at radius 2 is 2.04 bits per heavy atom. The molecule has 25 heavy (non-hydrogen) atoms. The summed E-state index contributed by atoms with van der Waals surface area (Å²) in [6.45, 7) is 2.25. The largest absolute Gasteiger partial charge is 0.355 e. The van der Waals surface area contributed by atoms with Gasteiger partial charge in [0.25, 0.3) is 0 Å². The van der Waals surface area contributed by atoms with Crippen molar-refractivity contribution in [3.05, 3.63) is 34.9 Å². The maximum absolute atomic E-state index is 12.7. The highest BCUT2D eigenvalue weighted by Gasteiger charge is 2.51. The van der Waals surface area contributed by atoms with Gasteiger partial charge in [0.05, 0.1) is 11.2 Å². The van der Waals surface area contributed by atoms with Gasteiger partial charge in [-0.05, 0) is 55.6 Å². The summed E-state index contributed by atoms with van der Waals surface area (Å²) in [6, 6.07) is 7.61. The number of hydrogen-bond donors (Lipinski definition) is 1. The molecule has 1 aliphatic carbocycles. The molecule has 4 nitrogen and oxygen atoms in total. The topological polar surface area (TPSA) is 49.4 Å². The quantitative estimate of drug-likeness (QED) is 0.825. The second-order valence-electron chi connectivity index (χ2n) is 7.08. The van der Waals surface area contributed by atoms with Crippen LogP contribution in [0.25, 0.3) is 0 Å². The van der Waals surface area contributed by atoms with Crippen LogP contribution in [-0.2, 0) is 15.0 Å². The van der Waals surface area contributed by atoms with E-state index in [1.807, 2.05) is 35.4 Å². The fourth-order valence-corrected chi connectivity index (χ4v) is 4.18. The lowest BCUT2D eigenvalue weighted by Gasteiger charge is -2.33. The molecule has 0 bridgehead atoms. The molecule has 136 valence electrons. The van der Waals surface area contributed by atoms with Crippen LogP contribution in [0.3, 0.4) is 0 Å². The van der Waals surface area contributed by atoms with E-state index in [0.717, 1.165) is 44.3 Å². The number of nitrogens with one attached hydrogen (secondary N) is 1. The van der Waals surface area contributed by atoms with Gasteiger partial charge in [-0.25, -0.2) is 0 Å². The predicted molar refractivity (Wildman–Crippen MR) is 103 cm³/mol. The minimum absolute atomic E-state index is 0.113. The zero-order valence-corrected chi connectivity index (χ0v) is 16.2. The first-order chi connectivity index (χ1) is 12.0. The molecule has 1 saturated carbocycles. The van der Waals surface area contributed by atoms with Gasteiger partial charge >= 0.3 is 0 Å². The van der Waals surface area contributed by atoms with Crippen molar-refractivity contribution in [3.8, 4) is 0 Å². The van der Waals surface area contributed by atoms with E-state index in [1.54, 1.807) is 11.8 Å². The second kappa shape index (κ2) is 8.00. The highest BCUT2D eigenvalue weighted by molar-refractivity contribution is 7.99. The summed E-state index contributed by atoms with van der Waals surface area (Å²) in [5.41, 5.74) is 0.683. The van der Waals surface area contributed by atoms with Crippen LogP contribution in [-0.4, -0.2) is 48.4 Å². The summed E-state index contributed by atoms with van der Waals surface area (Å²) in [4.78, 5) is 26.8. The second-order valence-corrected chi connectivity index (χ2v) is 8.38. The Morgan fingerprint density at radius 3 is 2.68 bits per heavy atom. The standard InChI is InChI=1S/C19H25ClN2O2S/c1-25-13-17(23)22-10-2-3-14(12-22)11-21-18(24)19(8-9-19)15-4-6-16(20)7-5-15/h4-7,14H,2-3,8-13H2,1H3,(H,21,24). The summed E-state index contributed by atoms with van der Waals surface area (Å²) in [7, 11) is 0. The molecule has 1 aromatic rings. The fraction of sp³-hybridized carbons (Fsp3) is 0.579. The van der Waals surface area contributed by atoms with Crippen LogP contribution in [0.1, 0.15) is 31.2 Å². The molecule has 0 aromatic heterocycles. The summed E-state index contributed by atoms with van der Waals surface area (Å²) in [5, 5.41) is 3.84. The van der Waals surface area contributed by atoms with Crippen molar-refractivity contribution in [1.29, 1.82) is 0 Å². The molecule has 6 heteroatoms. The zero-order chi connectivity index (χ0) is 17.9. The van der Waals surface area contributed by atoms with E-state index >= 15 is 0 Å². The monoisotopic (exact) mass is 380 g/mol. The molecule has 1 aromatic carbocycles. The van der Waals surface area contributed by atoms with Crippen molar-refractivity contribution in [2.75, 3.05) is 31.6 Å². The Balaban J connectivity index is 1.53. The Morgan fingerprint density at radius 1 is 1.32 bits per heavy atom. The Hall–Kier alpha value is -1.20. The number of likely N-dealkylation sites (tertiary alicyclic amines) is 1. The smallest absolute Gasteiger partial charge is 0.232 e. The average molecular weight is 381 g/mol. The number of amides is 2. The van der Waals surface area contributed by atoms with Gasteiger partial charge in [-0.15, -0.1) is 0 Å². The van der Waals surface area contributed by atoms with E-state index in [4.69, 9.17) is 11.6 Å². The number of benzene rings is 1. The van der Waals surface area contributed by atoms with Crippen molar-refractivity contribution >= 4 is 35.2 Å². The molecule has 2 amide bonds. The normalized spacial score (nSPS) is 21.7. The number of thioether (sulfide) groups is 1. The van der Waals surface area contributed by atoms with Crippen LogP contribution in [0.2, 0.25) is 5.02 Å². The molecule has 1 atom stereocenters. The molecule has 1 saturated heterocycles. The van der Waals surface area contributed by atoms with Crippen molar-refractivity contribution in [2.45, 2.75) is 31.1 Å². The average Bonchev–Trinajstić information content (AvgIpc) is 3.43. The first kappa shape index (κ1) is 18.6. The maximum atomic E-state index is 12.7. The summed E-state index contributed by atoms with van der Waals surface area (Å²) < 4.78 is 0. The van der Waals surface area contributed by atoms with E-state index in [2.05, 4.69) is 5.32 Å². The summed E-state index contributed by atoms with van der Waals surface area (Å²) >= 11 is 7.51. The molecule has 0 radical (unpaired) electrons. The molecule has 2 fully saturated rings. The van der Waals surface area contributed by atoms with Crippen molar-refractivity contribution in [1.82, 2.24) is 10.2 Å². The van der Waals surface area contributed by atoms with Gasteiger partial charge in [0.2, 0.25) is 11.8 Å². The third-order valence-electron chi connectivity index (χ3n) is 5.27. The van der Waals surface area contributed by atoms with Crippen LogP contribution in [0.4, 0.5) is 0 Å². The number of nitrogens with zero attached hydrogens (tertiary/aromatic N) is 1. The van der Waals surface area contributed by atoms with Gasteiger partial charge in [-0.3, -0.25) is 9.59 Å². The first-order valence-corrected chi connectivity index (χ1v) is 10.6. The molecule has 3 rings (SSSR count). The van der Waals surface area contributed by atoms with Crippen molar-refractivity contribution in [3.63, 3.8) is 0 Å². The van der Waals surface area contributed by atoms with Gasteiger partial charge in [0.15, 0.2) is 0 Å². The lowest BCUT2D eigenvalue weighted by atomic mass is 9.93. The third kappa shape index (κ3) is 4.32. The molecule has 1 aliphatic heterocycles. The molecular formula is C19H25ClN2O2S. The maximum Gasteiger partial charge on any atom is 0.232 e. The minimum Gasteiger partial charge on any atom is -0.355 e. The van der Waals surface area contributed by atoms with Crippen LogP contribution in [0, 0.1) is 5.92 Å². The van der Waals surface area contributed by atoms with Gasteiger partial charge in [-0.2, -0.15) is 11.8 Å². The molecule has 2 aliphatic rings. The van der Waals surface area contributed by atoms with Crippen molar-refractivity contribution in [2.24, 2.45) is 5.92 Å². The van der Waals surface area contributed by atoms with Crippen LogP contribution in [0.5, 0.6) is 0 Å². The van der Waals surface area contributed by atoms with Gasteiger partial charge < -0.3 is 10.2 Å². The van der Waals surface area contributed by atoms with Crippen LogP contribution >= 0.6 is 23.4 Å². The van der Waals surface area contributed by atoms with E-state index in [1.165, 1.54) is 0 Å². The molecule has 1 unspecified atom stereocenters. The number of rotatable bonds is 6. The molecule has 1 heterocycles. The molecular weight excluding hydrogens is 356 g/mol. The zero-order valence-electron chi connectivity index (χ0n) is 14.6. The van der Waals surface area contributed by atoms with Gasteiger partial charge in [-0.1, -0.05) is 23.7 Å². The van der Waals surface area contributed by atoms with E-state index in [-0.39, 0.29) is 17.2 Å². The highest BCUT2D eigenvalue weighted by atomic mass is 35.5. The fourth-order valence-electron chi connectivity index (χ4n) is 3.62. The minimum atomic E-state index is -0.367. The number of halogens is 1. The molecule has 0 spiro atoms.